The summed E-state index contributed by atoms with van der Waals surface area (Å²) in [6.45, 7) is 2.55. The van der Waals surface area contributed by atoms with E-state index in [1.54, 1.807) is 0 Å². The smallest absolute Gasteiger partial charge is 0.256 e. The fourth-order valence-electron chi connectivity index (χ4n) is 3.00. The van der Waals surface area contributed by atoms with Gasteiger partial charge in [0.05, 0.1) is 11.3 Å². The lowest BCUT2D eigenvalue weighted by atomic mass is 9.97. The summed E-state index contributed by atoms with van der Waals surface area (Å²) in [5.41, 5.74) is 1.35. The number of aromatic nitrogens is 4. The maximum atomic E-state index is 12.9. The molecule has 1 amide bonds. The molecule has 124 valence electrons. The number of benzene rings is 1. The summed E-state index contributed by atoms with van der Waals surface area (Å²) in [4.78, 5) is 14.8. The Morgan fingerprint density at radius 3 is 2.96 bits per heavy atom. The van der Waals surface area contributed by atoms with Gasteiger partial charge in [0.2, 0.25) is 0 Å². The lowest BCUT2D eigenvalue weighted by molar-refractivity contribution is 0.0674. The minimum absolute atomic E-state index is 0. The largest absolute Gasteiger partial charge is 0.338 e. The number of carbonyl (C=O) groups excluding carboxylic acids is 1. The van der Waals surface area contributed by atoms with Crippen LogP contribution >= 0.6 is 12.4 Å². The van der Waals surface area contributed by atoms with Crippen LogP contribution < -0.4 is 5.32 Å². The number of amides is 1. The number of likely N-dealkylation sites (tertiary alicyclic amines) is 1. The van der Waals surface area contributed by atoms with Crippen LogP contribution in [0.3, 0.4) is 0 Å². The van der Waals surface area contributed by atoms with Gasteiger partial charge in [0.1, 0.15) is 6.33 Å². The van der Waals surface area contributed by atoms with Crippen molar-refractivity contribution in [3.05, 3.63) is 36.2 Å². The van der Waals surface area contributed by atoms with E-state index in [4.69, 9.17) is 0 Å². The zero-order valence-electron chi connectivity index (χ0n) is 13.1. The molecule has 1 N–H and O–H groups in total. The molecule has 0 saturated carbocycles. The Kier molecular flexibility index (Phi) is 6.06. The van der Waals surface area contributed by atoms with E-state index in [2.05, 4.69) is 20.8 Å². The van der Waals surface area contributed by atoms with Crippen LogP contribution in [0.1, 0.15) is 23.2 Å². The van der Waals surface area contributed by atoms with Crippen molar-refractivity contribution in [3.8, 4) is 5.69 Å². The number of nitrogens with one attached hydrogen (secondary N) is 1. The number of halogens is 1. The number of carbonyl (C=O) groups is 1. The highest BCUT2D eigenvalue weighted by atomic mass is 35.5. The van der Waals surface area contributed by atoms with Crippen LogP contribution in [-0.4, -0.2) is 57.7 Å². The first-order valence-corrected chi connectivity index (χ1v) is 7.56. The molecule has 8 heteroatoms. The van der Waals surface area contributed by atoms with Crippen LogP contribution in [0.5, 0.6) is 0 Å². The molecule has 0 spiro atoms. The molecule has 1 aliphatic rings. The van der Waals surface area contributed by atoms with Crippen molar-refractivity contribution >= 4 is 18.3 Å². The molecule has 2 heterocycles. The van der Waals surface area contributed by atoms with Gasteiger partial charge in [-0.2, -0.15) is 4.68 Å². The topological polar surface area (TPSA) is 75.9 Å². The van der Waals surface area contributed by atoms with E-state index in [1.165, 1.54) is 17.4 Å². The van der Waals surface area contributed by atoms with Gasteiger partial charge < -0.3 is 10.2 Å². The molecular weight excluding hydrogens is 316 g/mol. The van der Waals surface area contributed by atoms with Crippen molar-refractivity contribution in [1.29, 1.82) is 0 Å². The van der Waals surface area contributed by atoms with Gasteiger partial charge in [0.25, 0.3) is 5.91 Å². The van der Waals surface area contributed by atoms with Gasteiger partial charge in [-0.25, -0.2) is 0 Å². The monoisotopic (exact) mass is 336 g/mol. The molecule has 1 unspecified atom stereocenters. The fourth-order valence-corrected chi connectivity index (χ4v) is 3.00. The summed E-state index contributed by atoms with van der Waals surface area (Å²) in [7, 11) is 1.95. The zero-order chi connectivity index (χ0) is 15.4. The summed E-state index contributed by atoms with van der Waals surface area (Å²) < 4.78 is 1.53. The van der Waals surface area contributed by atoms with Gasteiger partial charge in [0.15, 0.2) is 0 Å². The van der Waals surface area contributed by atoms with Crippen LogP contribution in [-0.2, 0) is 0 Å². The Labute approximate surface area is 141 Å². The molecule has 1 fully saturated rings. The first kappa shape index (κ1) is 17.4. The SMILES string of the molecule is CNCC1CCCN(C(=O)c2ccccc2-n2cnnn2)C1.Cl. The molecule has 7 nitrogen and oxygen atoms in total. The van der Waals surface area contributed by atoms with Crippen LogP contribution in [0.25, 0.3) is 5.69 Å². The van der Waals surface area contributed by atoms with Crippen LogP contribution in [0, 0.1) is 5.92 Å². The van der Waals surface area contributed by atoms with Gasteiger partial charge in [-0.05, 0) is 54.9 Å². The van der Waals surface area contributed by atoms with Crippen LogP contribution in [0.4, 0.5) is 0 Å². The second kappa shape index (κ2) is 8.03. The van der Waals surface area contributed by atoms with Gasteiger partial charge in [-0.15, -0.1) is 17.5 Å². The number of piperidine rings is 1. The summed E-state index contributed by atoms with van der Waals surface area (Å²) in [6, 6.07) is 7.45. The minimum Gasteiger partial charge on any atom is -0.338 e. The number of hydrogen-bond donors (Lipinski definition) is 1. The highest BCUT2D eigenvalue weighted by molar-refractivity contribution is 5.97. The molecule has 0 bridgehead atoms. The van der Waals surface area contributed by atoms with Gasteiger partial charge in [-0.3, -0.25) is 4.79 Å². The van der Waals surface area contributed by atoms with Crippen molar-refractivity contribution < 1.29 is 4.79 Å². The van der Waals surface area contributed by atoms with Gasteiger partial charge >= 0.3 is 0 Å². The van der Waals surface area contributed by atoms with Crippen molar-refractivity contribution in [2.45, 2.75) is 12.8 Å². The normalized spacial score (nSPS) is 17.6. The third-order valence-corrected chi connectivity index (χ3v) is 4.03. The Hall–Kier alpha value is -1.99. The molecule has 1 aliphatic heterocycles. The Morgan fingerprint density at radius 1 is 1.39 bits per heavy atom. The summed E-state index contributed by atoms with van der Waals surface area (Å²) in [5, 5.41) is 14.4. The van der Waals surface area contributed by atoms with Crippen LogP contribution in [0.15, 0.2) is 30.6 Å². The first-order chi connectivity index (χ1) is 10.8. The highest BCUT2D eigenvalue weighted by Crippen LogP contribution is 2.21. The van der Waals surface area contributed by atoms with Crippen molar-refractivity contribution in [2.24, 2.45) is 5.92 Å². The van der Waals surface area contributed by atoms with Gasteiger partial charge in [-0.1, -0.05) is 12.1 Å². The molecule has 0 aliphatic carbocycles. The summed E-state index contributed by atoms with van der Waals surface area (Å²) >= 11 is 0. The lowest BCUT2D eigenvalue weighted by Crippen LogP contribution is -2.42. The standard InChI is InChI=1S/C15H20N6O.ClH/c1-16-9-12-5-4-8-20(10-12)15(22)13-6-2-3-7-14(13)21-11-17-18-19-21;/h2-3,6-7,11-12,16H,4-5,8-10H2,1H3;1H. The highest BCUT2D eigenvalue weighted by Gasteiger charge is 2.25. The average Bonchev–Trinajstić information content (AvgIpc) is 3.09. The van der Waals surface area contributed by atoms with E-state index in [0.29, 0.717) is 17.2 Å². The molecule has 1 aromatic carbocycles. The Balaban J connectivity index is 0.00000192. The van der Waals surface area contributed by atoms with Crippen molar-refractivity contribution in [3.63, 3.8) is 0 Å². The van der Waals surface area contributed by atoms with E-state index in [1.807, 2.05) is 36.2 Å². The predicted molar refractivity (Wildman–Crippen MR) is 89.0 cm³/mol. The molecule has 2 aromatic rings. The van der Waals surface area contributed by atoms with Crippen molar-refractivity contribution in [1.82, 2.24) is 30.4 Å². The Bertz CT molecular complexity index is 631. The third-order valence-electron chi connectivity index (χ3n) is 4.03. The Morgan fingerprint density at radius 2 is 2.22 bits per heavy atom. The van der Waals surface area contributed by atoms with E-state index >= 15 is 0 Å². The summed E-state index contributed by atoms with van der Waals surface area (Å²) in [6.07, 6.45) is 3.72. The number of rotatable bonds is 4. The molecule has 3 rings (SSSR count). The molecule has 1 atom stereocenters. The summed E-state index contributed by atoms with van der Waals surface area (Å²) in [5.74, 6) is 0.565. The maximum absolute atomic E-state index is 12.9. The van der Waals surface area contributed by atoms with E-state index in [0.717, 1.165) is 26.1 Å². The fraction of sp³-hybridized carbons (Fsp3) is 0.467. The third kappa shape index (κ3) is 3.86. The molecule has 23 heavy (non-hydrogen) atoms. The number of tetrazole rings is 1. The number of para-hydroxylation sites is 1. The van der Waals surface area contributed by atoms with E-state index in [9.17, 15) is 4.79 Å². The zero-order valence-corrected chi connectivity index (χ0v) is 13.9. The number of hydrogen-bond acceptors (Lipinski definition) is 5. The lowest BCUT2D eigenvalue weighted by Gasteiger charge is -2.33. The van der Waals surface area contributed by atoms with E-state index in [-0.39, 0.29) is 18.3 Å². The second-order valence-corrected chi connectivity index (χ2v) is 5.59. The molecule has 0 radical (unpaired) electrons. The minimum atomic E-state index is 0. The predicted octanol–water partition coefficient (Wildman–Crippen LogP) is 1.16. The maximum Gasteiger partial charge on any atom is 0.256 e. The van der Waals surface area contributed by atoms with E-state index < -0.39 is 0 Å². The first-order valence-electron chi connectivity index (χ1n) is 7.56. The van der Waals surface area contributed by atoms with Gasteiger partial charge in [0, 0.05) is 13.1 Å². The molecule has 1 saturated heterocycles. The number of nitrogens with zero attached hydrogens (tertiary/aromatic N) is 5. The van der Waals surface area contributed by atoms with Crippen molar-refractivity contribution in [2.75, 3.05) is 26.7 Å². The average molecular weight is 337 g/mol. The molecular formula is C15H21ClN6O. The quantitative estimate of drug-likeness (QED) is 0.906. The molecule has 1 aromatic heterocycles. The second-order valence-electron chi connectivity index (χ2n) is 5.59. The van der Waals surface area contributed by atoms with Crippen LogP contribution in [0.2, 0.25) is 0 Å².